The molecule has 0 aliphatic carbocycles. The number of hydrazine groups is 1. The molecule has 0 aliphatic rings. The van der Waals surface area contributed by atoms with Gasteiger partial charge in [0.05, 0.1) is 5.56 Å². The molecule has 5 nitrogen and oxygen atoms in total. The van der Waals surface area contributed by atoms with E-state index >= 15 is 0 Å². The SMILES string of the molecule is Cc1ccccc1NC(=S)NNC(=O)c1ccc(-c2ccccc2F)o1. The maximum atomic E-state index is 13.8. The topological polar surface area (TPSA) is 66.3 Å². The molecule has 132 valence electrons. The number of hydrogen-bond acceptors (Lipinski definition) is 3. The van der Waals surface area contributed by atoms with Crippen LogP contribution in [0.5, 0.6) is 0 Å². The zero-order chi connectivity index (χ0) is 18.5. The van der Waals surface area contributed by atoms with E-state index < -0.39 is 11.7 Å². The average Bonchev–Trinajstić information content (AvgIpc) is 3.12. The predicted octanol–water partition coefficient (Wildman–Crippen LogP) is 4.03. The van der Waals surface area contributed by atoms with E-state index in [0.29, 0.717) is 0 Å². The number of carbonyl (C=O) groups excluding carboxylic acids is 1. The Bertz CT molecular complexity index is 955. The average molecular weight is 369 g/mol. The van der Waals surface area contributed by atoms with Gasteiger partial charge in [0, 0.05) is 5.69 Å². The summed E-state index contributed by atoms with van der Waals surface area (Å²) in [5.41, 5.74) is 7.18. The Morgan fingerprint density at radius 1 is 1.00 bits per heavy atom. The van der Waals surface area contributed by atoms with Crippen LogP contribution >= 0.6 is 12.2 Å². The molecular weight excluding hydrogens is 353 g/mol. The second kappa shape index (κ2) is 7.79. The minimum Gasteiger partial charge on any atom is -0.451 e. The first kappa shape index (κ1) is 17.6. The smallest absolute Gasteiger partial charge is 0.305 e. The lowest BCUT2D eigenvalue weighted by molar-refractivity contribution is 0.0917. The van der Waals surface area contributed by atoms with Crippen molar-refractivity contribution < 1.29 is 13.6 Å². The van der Waals surface area contributed by atoms with Gasteiger partial charge in [0.25, 0.3) is 0 Å². The van der Waals surface area contributed by atoms with Crippen molar-refractivity contribution in [3.8, 4) is 11.3 Å². The summed E-state index contributed by atoms with van der Waals surface area (Å²) in [6.07, 6.45) is 0. The first-order valence-corrected chi connectivity index (χ1v) is 8.23. The minimum absolute atomic E-state index is 0.0365. The molecule has 0 spiro atoms. The third-order valence-corrected chi connectivity index (χ3v) is 3.86. The zero-order valence-corrected chi connectivity index (χ0v) is 14.7. The summed E-state index contributed by atoms with van der Waals surface area (Å²) in [5, 5.41) is 3.21. The highest BCUT2D eigenvalue weighted by molar-refractivity contribution is 7.80. The van der Waals surface area contributed by atoms with E-state index in [1.165, 1.54) is 18.2 Å². The van der Waals surface area contributed by atoms with Crippen LogP contribution in [0, 0.1) is 12.7 Å². The number of furan rings is 1. The third-order valence-electron chi connectivity index (χ3n) is 3.65. The quantitative estimate of drug-likeness (QED) is 0.481. The third kappa shape index (κ3) is 4.07. The number of rotatable bonds is 3. The molecule has 3 aromatic rings. The van der Waals surface area contributed by atoms with Gasteiger partial charge in [-0.3, -0.25) is 15.6 Å². The van der Waals surface area contributed by atoms with Gasteiger partial charge in [-0.1, -0.05) is 30.3 Å². The zero-order valence-electron chi connectivity index (χ0n) is 13.9. The van der Waals surface area contributed by atoms with Gasteiger partial charge >= 0.3 is 5.91 Å². The number of amides is 1. The van der Waals surface area contributed by atoms with E-state index in [9.17, 15) is 9.18 Å². The van der Waals surface area contributed by atoms with Crippen LogP contribution in [0.1, 0.15) is 16.1 Å². The number of thiocarbonyl (C=S) groups is 1. The summed E-state index contributed by atoms with van der Waals surface area (Å²) in [4.78, 5) is 12.1. The summed E-state index contributed by atoms with van der Waals surface area (Å²) in [7, 11) is 0. The number of para-hydroxylation sites is 1. The lowest BCUT2D eigenvalue weighted by atomic mass is 10.1. The van der Waals surface area contributed by atoms with E-state index in [1.807, 2.05) is 31.2 Å². The predicted molar refractivity (Wildman–Crippen MR) is 102 cm³/mol. The Hall–Kier alpha value is -3.19. The second-order valence-corrected chi connectivity index (χ2v) is 5.90. The number of anilines is 1. The van der Waals surface area contributed by atoms with Gasteiger partial charge in [-0.25, -0.2) is 4.39 Å². The molecule has 0 atom stereocenters. The van der Waals surface area contributed by atoms with Crippen molar-refractivity contribution in [1.82, 2.24) is 10.9 Å². The van der Waals surface area contributed by atoms with Gasteiger partial charge in [0.2, 0.25) is 0 Å². The van der Waals surface area contributed by atoms with E-state index in [-0.39, 0.29) is 22.2 Å². The number of benzene rings is 2. The van der Waals surface area contributed by atoms with Crippen LogP contribution in [0.4, 0.5) is 10.1 Å². The molecule has 1 aromatic heterocycles. The standard InChI is InChI=1S/C19H16FN3O2S/c1-12-6-2-5-9-15(12)21-19(26)23-22-18(24)17-11-10-16(25-17)13-7-3-4-8-14(13)20/h2-11H,1H3,(H,22,24)(H2,21,23,26). The maximum Gasteiger partial charge on any atom is 0.305 e. The molecular formula is C19H16FN3O2S. The van der Waals surface area contributed by atoms with Crippen molar-refractivity contribution in [3.63, 3.8) is 0 Å². The van der Waals surface area contributed by atoms with Gasteiger partial charge in [-0.15, -0.1) is 0 Å². The van der Waals surface area contributed by atoms with Crippen LogP contribution < -0.4 is 16.2 Å². The highest BCUT2D eigenvalue weighted by Crippen LogP contribution is 2.24. The van der Waals surface area contributed by atoms with E-state index in [0.717, 1.165) is 11.3 Å². The van der Waals surface area contributed by atoms with E-state index in [1.54, 1.807) is 18.2 Å². The number of carbonyl (C=O) groups is 1. The molecule has 0 unspecified atom stereocenters. The molecule has 0 fully saturated rings. The molecule has 2 aromatic carbocycles. The Morgan fingerprint density at radius 3 is 2.50 bits per heavy atom. The van der Waals surface area contributed by atoms with Crippen molar-refractivity contribution in [2.45, 2.75) is 6.92 Å². The molecule has 3 rings (SSSR count). The fourth-order valence-electron chi connectivity index (χ4n) is 2.31. The Labute approximate surface area is 155 Å². The van der Waals surface area contributed by atoms with Gasteiger partial charge < -0.3 is 9.73 Å². The monoisotopic (exact) mass is 369 g/mol. The molecule has 1 heterocycles. The Morgan fingerprint density at radius 2 is 1.73 bits per heavy atom. The number of halogens is 1. The normalized spacial score (nSPS) is 10.2. The second-order valence-electron chi connectivity index (χ2n) is 5.49. The van der Waals surface area contributed by atoms with Gasteiger partial charge in [-0.2, -0.15) is 0 Å². The Kier molecular flexibility index (Phi) is 5.28. The van der Waals surface area contributed by atoms with E-state index in [2.05, 4.69) is 16.2 Å². The molecule has 26 heavy (non-hydrogen) atoms. The summed E-state index contributed by atoms with van der Waals surface area (Å²) in [5.74, 6) is -0.639. The first-order valence-electron chi connectivity index (χ1n) is 7.82. The molecule has 7 heteroatoms. The fourth-order valence-corrected chi connectivity index (χ4v) is 2.47. The van der Waals surface area contributed by atoms with Crippen LogP contribution in [0.25, 0.3) is 11.3 Å². The van der Waals surface area contributed by atoms with Crippen LogP contribution in [-0.4, -0.2) is 11.0 Å². The van der Waals surface area contributed by atoms with Gasteiger partial charge in [-0.05, 0) is 55.0 Å². The lowest BCUT2D eigenvalue weighted by Crippen LogP contribution is -2.43. The number of nitrogens with one attached hydrogen (secondary N) is 3. The molecule has 0 saturated carbocycles. The highest BCUT2D eigenvalue weighted by Gasteiger charge is 2.14. The molecule has 0 saturated heterocycles. The maximum absolute atomic E-state index is 13.8. The summed E-state index contributed by atoms with van der Waals surface area (Å²) in [6.45, 7) is 1.94. The molecule has 0 radical (unpaired) electrons. The molecule has 0 bridgehead atoms. The van der Waals surface area contributed by atoms with Crippen molar-refractivity contribution in [2.24, 2.45) is 0 Å². The van der Waals surface area contributed by atoms with Gasteiger partial charge in [0.1, 0.15) is 11.6 Å². The molecule has 0 aliphatic heterocycles. The van der Waals surface area contributed by atoms with Crippen molar-refractivity contribution in [3.05, 3.63) is 77.8 Å². The summed E-state index contributed by atoms with van der Waals surface area (Å²) >= 11 is 5.15. The fraction of sp³-hybridized carbons (Fsp3) is 0.0526. The van der Waals surface area contributed by atoms with Crippen molar-refractivity contribution in [1.29, 1.82) is 0 Å². The van der Waals surface area contributed by atoms with Crippen LogP contribution in [0.2, 0.25) is 0 Å². The van der Waals surface area contributed by atoms with Gasteiger partial charge in [0.15, 0.2) is 10.9 Å². The largest absolute Gasteiger partial charge is 0.451 e. The van der Waals surface area contributed by atoms with Crippen LogP contribution in [-0.2, 0) is 0 Å². The summed E-state index contributed by atoms with van der Waals surface area (Å²) in [6, 6.07) is 16.8. The number of hydrogen-bond donors (Lipinski definition) is 3. The molecule has 3 N–H and O–H groups in total. The van der Waals surface area contributed by atoms with Crippen molar-refractivity contribution in [2.75, 3.05) is 5.32 Å². The van der Waals surface area contributed by atoms with Crippen LogP contribution in [0.15, 0.2) is 65.1 Å². The number of aryl methyl sites for hydroxylation is 1. The Balaban J connectivity index is 1.60. The minimum atomic E-state index is -0.526. The van der Waals surface area contributed by atoms with Crippen molar-refractivity contribution >= 4 is 28.9 Å². The summed E-state index contributed by atoms with van der Waals surface area (Å²) < 4.78 is 19.2. The lowest BCUT2D eigenvalue weighted by Gasteiger charge is -2.12. The first-order chi connectivity index (χ1) is 12.5. The molecule has 1 amide bonds. The highest BCUT2D eigenvalue weighted by atomic mass is 32.1. The van der Waals surface area contributed by atoms with E-state index in [4.69, 9.17) is 16.6 Å². The van der Waals surface area contributed by atoms with Crippen LogP contribution in [0.3, 0.4) is 0 Å².